The summed E-state index contributed by atoms with van der Waals surface area (Å²) < 4.78 is 0. The number of rotatable bonds is 1. The van der Waals surface area contributed by atoms with Crippen LogP contribution in [-0.4, -0.2) is 0 Å². The van der Waals surface area contributed by atoms with Gasteiger partial charge < -0.3 is 0 Å². The number of hydrogen-bond acceptors (Lipinski definition) is 0. The predicted molar refractivity (Wildman–Crippen MR) is 55.8 cm³/mol. The van der Waals surface area contributed by atoms with Gasteiger partial charge >= 0.3 is 0 Å². The van der Waals surface area contributed by atoms with Crippen molar-refractivity contribution in [2.75, 3.05) is 0 Å². The van der Waals surface area contributed by atoms with Gasteiger partial charge in [-0.1, -0.05) is 46.9 Å². The van der Waals surface area contributed by atoms with Crippen molar-refractivity contribution in [2.45, 2.75) is 6.92 Å². The van der Waals surface area contributed by atoms with E-state index in [4.69, 9.17) is 34.8 Å². The topological polar surface area (TPSA) is 0 Å². The Kier molecular flexibility index (Phi) is 3.45. The molecule has 0 spiro atoms. The van der Waals surface area contributed by atoms with Crippen molar-refractivity contribution >= 4 is 39.8 Å². The fourth-order valence-electron chi connectivity index (χ4n) is 0.795. The lowest BCUT2D eigenvalue weighted by molar-refractivity contribution is 1.61. The van der Waals surface area contributed by atoms with E-state index in [1.54, 1.807) is 19.1 Å². The van der Waals surface area contributed by atoms with E-state index in [2.05, 4.69) is 0 Å². The minimum atomic E-state index is 0.563. The van der Waals surface area contributed by atoms with Crippen molar-refractivity contribution in [2.24, 2.45) is 0 Å². The van der Waals surface area contributed by atoms with E-state index in [0.29, 0.717) is 15.1 Å². The number of halogens is 3. The van der Waals surface area contributed by atoms with Gasteiger partial charge in [0.25, 0.3) is 0 Å². The molecule has 64 valence electrons. The molecule has 0 aliphatic carbocycles. The number of hydrogen-bond donors (Lipinski definition) is 0. The van der Waals surface area contributed by atoms with Crippen LogP contribution in [0.2, 0.25) is 5.02 Å². The summed E-state index contributed by atoms with van der Waals surface area (Å²) in [4.78, 5) is 0. The van der Waals surface area contributed by atoms with E-state index >= 15 is 0 Å². The molecule has 1 aromatic carbocycles. The van der Waals surface area contributed by atoms with Gasteiger partial charge in [0.2, 0.25) is 0 Å². The van der Waals surface area contributed by atoms with E-state index in [0.717, 1.165) is 5.56 Å². The summed E-state index contributed by atoms with van der Waals surface area (Å²) in [5, 5.41) is 1.84. The molecule has 0 saturated heterocycles. The Bertz CT molecular complexity index is 294. The molecule has 0 radical (unpaired) electrons. The van der Waals surface area contributed by atoms with Crippen LogP contribution in [-0.2, 0) is 0 Å². The summed E-state index contributed by atoms with van der Waals surface area (Å²) in [6, 6.07) is 7.21. The average molecular weight is 222 g/mol. The van der Waals surface area contributed by atoms with E-state index in [1.165, 1.54) is 0 Å². The molecule has 0 fully saturated rings. The Balaban J connectivity index is 3.06. The largest absolute Gasteiger partial charge is 0.0878 e. The molecule has 0 bridgehead atoms. The van der Waals surface area contributed by atoms with Crippen LogP contribution in [0, 0.1) is 0 Å². The molecule has 0 heterocycles. The van der Waals surface area contributed by atoms with Gasteiger partial charge in [-0.05, 0) is 24.6 Å². The van der Waals surface area contributed by atoms with Crippen LogP contribution < -0.4 is 0 Å². The third-order valence-electron chi connectivity index (χ3n) is 1.40. The first kappa shape index (κ1) is 9.91. The van der Waals surface area contributed by atoms with Gasteiger partial charge in [-0.2, -0.15) is 0 Å². The van der Waals surface area contributed by atoms with Crippen molar-refractivity contribution in [1.29, 1.82) is 0 Å². The van der Waals surface area contributed by atoms with Gasteiger partial charge in [0.1, 0.15) is 0 Å². The summed E-state index contributed by atoms with van der Waals surface area (Å²) >= 11 is 17.3. The fourth-order valence-corrected chi connectivity index (χ4v) is 1.16. The first-order chi connectivity index (χ1) is 5.61. The quantitative estimate of drug-likeness (QED) is 0.655. The fraction of sp³-hybridized carbons (Fsp3) is 0.111. The summed E-state index contributed by atoms with van der Waals surface area (Å²) in [6.07, 6.45) is 0. The molecule has 0 atom stereocenters. The zero-order chi connectivity index (χ0) is 9.14. The minimum absolute atomic E-state index is 0.563. The maximum Gasteiger partial charge on any atom is 0.0620 e. The molecule has 0 aliphatic heterocycles. The molecule has 1 aromatic rings. The van der Waals surface area contributed by atoms with Gasteiger partial charge in [-0.15, -0.1) is 0 Å². The lowest BCUT2D eigenvalue weighted by Crippen LogP contribution is -1.77. The molecular weight excluding hydrogens is 214 g/mol. The molecule has 0 amide bonds. The van der Waals surface area contributed by atoms with Gasteiger partial charge in [-0.3, -0.25) is 0 Å². The molecule has 0 unspecified atom stereocenters. The Hall–Kier alpha value is -0.170. The number of allylic oxidation sites excluding steroid dienone is 1. The SMILES string of the molecule is C/C(Cl)=C(/Cl)c1ccc(Cl)cc1. The Labute approximate surface area is 86.7 Å². The van der Waals surface area contributed by atoms with Crippen molar-refractivity contribution < 1.29 is 0 Å². The summed E-state index contributed by atoms with van der Waals surface area (Å²) in [6.45, 7) is 1.75. The molecule has 0 aliphatic rings. The third-order valence-corrected chi connectivity index (χ3v) is 2.44. The van der Waals surface area contributed by atoms with Crippen LogP contribution in [0.1, 0.15) is 12.5 Å². The number of benzene rings is 1. The molecule has 12 heavy (non-hydrogen) atoms. The van der Waals surface area contributed by atoms with Crippen LogP contribution in [0.5, 0.6) is 0 Å². The second-order valence-electron chi connectivity index (χ2n) is 2.35. The highest BCUT2D eigenvalue weighted by Crippen LogP contribution is 2.25. The molecule has 3 heteroatoms. The van der Waals surface area contributed by atoms with Crippen molar-refractivity contribution in [3.63, 3.8) is 0 Å². The predicted octanol–water partition coefficient (Wildman–Crippen LogP) is 4.51. The standard InChI is InChI=1S/C9H7Cl3/c1-6(10)9(12)7-2-4-8(11)5-3-7/h2-5H,1H3/b9-6-. The van der Waals surface area contributed by atoms with E-state index in [9.17, 15) is 0 Å². The first-order valence-corrected chi connectivity index (χ1v) is 4.52. The van der Waals surface area contributed by atoms with Crippen LogP contribution in [0.4, 0.5) is 0 Å². The van der Waals surface area contributed by atoms with Gasteiger partial charge in [0.15, 0.2) is 0 Å². The smallest absolute Gasteiger partial charge is 0.0620 e. The molecule has 1 rings (SSSR count). The van der Waals surface area contributed by atoms with Gasteiger partial charge in [0, 0.05) is 10.1 Å². The van der Waals surface area contributed by atoms with Crippen LogP contribution in [0.3, 0.4) is 0 Å². The maximum atomic E-state index is 5.90. The molecule has 0 aromatic heterocycles. The summed E-state index contributed by atoms with van der Waals surface area (Å²) in [5.41, 5.74) is 0.883. The monoisotopic (exact) mass is 220 g/mol. The summed E-state index contributed by atoms with van der Waals surface area (Å²) in [7, 11) is 0. The highest BCUT2D eigenvalue weighted by molar-refractivity contribution is 6.54. The third kappa shape index (κ3) is 2.41. The lowest BCUT2D eigenvalue weighted by atomic mass is 10.2. The average Bonchev–Trinajstić information content (AvgIpc) is 2.04. The van der Waals surface area contributed by atoms with Gasteiger partial charge in [0.05, 0.1) is 5.03 Å². The lowest BCUT2D eigenvalue weighted by Gasteiger charge is -1.99. The molecule has 0 nitrogen and oxygen atoms in total. The first-order valence-electron chi connectivity index (χ1n) is 3.39. The highest BCUT2D eigenvalue weighted by atomic mass is 35.5. The Morgan fingerprint density at radius 2 is 1.58 bits per heavy atom. The highest BCUT2D eigenvalue weighted by Gasteiger charge is 2.00. The van der Waals surface area contributed by atoms with E-state index in [-0.39, 0.29) is 0 Å². The molecular formula is C9H7Cl3. The molecule has 0 saturated carbocycles. The Morgan fingerprint density at radius 1 is 1.08 bits per heavy atom. The van der Waals surface area contributed by atoms with Crippen LogP contribution in [0.25, 0.3) is 5.03 Å². The second kappa shape index (κ2) is 4.18. The Morgan fingerprint density at radius 3 is 2.00 bits per heavy atom. The van der Waals surface area contributed by atoms with E-state index < -0.39 is 0 Å². The minimum Gasteiger partial charge on any atom is -0.0878 e. The maximum absolute atomic E-state index is 5.90. The van der Waals surface area contributed by atoms with Crippen LogP contribution in [0.15, 0.2) is 29.3 Å². The zero-order valence-corrected chi connectivity index (χ0v) is 8.71. The second-order valence-corrected chi connectivity index (χ2v) is 3.74. The van der Waals surface area contributed by atoms with Crippen LogP contribution >= 0.6 is 34.8 Å². The zero-order valence-electron chi connectivity index (χ0n) is 6.44. The van der Waals surface area contributed by atoms with E-state index in [1.807, 2.05) is 12.1 Å². The van der Waals surface area contributed by atoms with Gasteiger partial charge in [-0.25, -0.2) is 0 Å². The molecule has 0 N–H and O–H groups in total. The van der Waals surface area contributed by atoms with Crippen molar-refractivity contribution in [1.82, 2.24) is 0 Å². The van der Waals surface area contributed by atoms with Crippen molar-refractivity contribution in [3.05, 3.63) is 39.9 Å². The van der Waals surface area contributed by atoms with Crippen molar-refractivity contribution in [3.8, 4) is 0 Å². The normalized spacial score (nSPS) is 12.7. The summed E-state index contributed by atoms with van der Waals surface area (Å²) in [5.74, 6) is 0.